The molecule has 0 atom stereocenters. The molecule has 0 aliphatic heterocycles. The number of nitrogens with zero attached hydrogens (tertiary/aromatic N) is 2. The zero-order valence-electron chi connectivity index (χ0n) is 10.4. The summed E-state index contributed by atoms with van der Waals surface area (Å²) in [5.74, 6) is -0.177. The molecule has 0 bridgehead atoms. The summed E-state index contributed by atoms with van der Waals surface area (Å²) in [5, 5.41) is 12.7. The van der Waals surface area contributed by atoms with Crippen molar-refractivity contribution in [1.29, 1.82) is 0 Å². The van der Waals surface area contributed by atoms with Gasteiger partial charge in [-0.1, -0.05) is 41.9 Å². The van der Waals surface area contributed by atoms with E-state index < -0.39 is 5.97 Å². The first-order valence-corrected chi connectivity index (χ1v) is 6.31. The van der Waals surface area contributed by atoms with Gasteiger partial charge in [-0.2, -0.15) is 4.98 Å². The van der Waals surface area contributed by atoms with Crippen molar-refractivity contribution in [2.45, 2.75) is 31.1 Å². The van der Waals surface area contributed by atoms with Crippen molar-refractivity contribution < 1.29 is 14.4 Å². The smallest absolute Gasteiger partial charge is 0.312 e. The molecule has 5 heteroatoms. The van der Waals surface area contributed by atoms with E-state index in [-0.39, 0.29) is 17.7 Å². The van der Waals surface area contributed by atoms with E-state index in [0.717, 1.165) is 19.3 Å². The Morgan fingerprint density at radius 3 is 2.63 bits per heavy atom. The average Bonchev–Trinajstić information content (AvgIpc) is 2.77. The number of aromatic nitrogens is 2. The van der Waals surface area contributed by atoms with Gasteiger partial charge in [0.1, 0.15) is 6.42 Å². The second-order valence-electron chi connectivity index (χ2n) is 4.88. The predicted molar refractivity (Wildman–Crippen MR) is 66.7 cm³/mol. The van der Waals surface area contributed by atoms with E-state index >= 15 is 0 Å². The first kappa shape index (κ1) is 11.9. The largest absolute Gasteiger partial charge is 0.481 e. The normalized spacial score (nSPS) is 16.8. The van der Waals surface area contributed by atoms with Crippen molar-refractivity contribution >= 4 is 5.97 Å². The van der Waals surface area contributed by atoms with Gasteiger partial charge in [0.05, 0.1) is 5.41 Å². The van der Waals surface area contributed by atoms with Gasteiger partial charge in [-0.05, 0) is 18.4 Å². The highest BCUT2D eigenvalue weighted by Gasteiger charge is 2.44. The monoisotopic (exact) mass is 258 g/mol. The second-order valence-corrected chi connectivity index (χ2v) is 4.88. The van der Waals surface area contributed by atoms with E-state index in [0.29, 0.717) is 5.82 Å². The fraction of sp³-hybridized carbons (Fsp3) is 0.357. The maximum Gasteiger partial charge on any atom is 0.312 e. The SMILES string of the molecule is O=C(O)Cc1nc(C2(c3ccccc3)CCC2)no1. The van der Waals surface area contributed by atoms with E-state index in [1.165, 1.54) is 5.56 Å². The fourth-order valence-electron chi connectivity index (χ4n) is 2.58. The third-order valence-corrected chi connectivity index (χ3v) is 3.73. The van der Waals surface area contributed by atoms with Crippen LogP contribution in [0.4, 0.5) is 0 Å². The van der Waals surface area contributed by atoms with Gasteiger partial charge in [-0.25, -0.2) is 0 Å². The topological polar surface area (TPSA) is 76.2 Å². The molecule has 0 radical (unpaired) electrons. The Morgan fingerprint density at radius 1 is 1.32 bits per heavy atom. The molecule has 0 unspecified atom stereocenters. The number of hydrogen-bond acceptors (Lipinski definition) is 4. The Kier molecular flexibility index (Phi) is 2.81. The van der Waals surface area contributed by atoms with Crippen LogP contribution in [0, 0.1) is 0 Å². The zero-order chi connectivity index (χ0) is 13.3. The summed E-state index contributed by atoms with van der Waals surface area (Å²) in [4.78, 5) is 14.9. The van der Waals surface area contributed by atoms with Crippen LogP contribution in [0.25, 0.3) is 0 Å². The molecule has 1 aliphatic rings. The van der Waals surface area contributed by atoms with Crippen molar-refractivity contribution in [2.75, 3.05) is 0 Å². The van der Waals surface area contributed by atoms with Gasteiger partial charge in [0.25, 0.3) is 0 Å². The van der Waals surface area contributed by atoms with Crippen molar-refractivity contribution in [3.05, 3.63) is 47.6 Å². The van der Waals surface area contributed by atoms with E-state index in [1.54, 1.807) is 0 Å². The number of rotatable bonds is 4. The Balaban J connectivity index is 1.94. The van der Waals surface area contributed by atoms with Crippen molar-refractivity contribution in [3.63, 3.8) is 0 Å². The number of benzene rings is 1. The maximum absolute atomic E-state index is 10.7. The molecule has 0 amide bonds. The van der Waals surface area contributed by atoms with E-state index in [2.05, 4.69) is 22.3 Å². The Bertz CT molecular complexity index is 588. The van der Waals surface area contributed by atoms with E-state index in [1.807, 2.05) is 18.2 Å². The molecule has 2 aromatic rings. The number of carboxylic acid groups (broad SMARTS) is 1. The summed E-state index contributed by atoms with van der Waals surface area (Å²) in [7, 11) is 0. The summed E-state index contributed by atoms with van der Waals surface area (Å²) in [6.07, 6.45) is 2.85. The number of carbonyl (C=O) groups is 1. The number of hydrogen-bond donors (Lipinski definition) is 1. The van der Waals surface area contributed by atoms with Crippen LogP contribution in [0.2, 0.25) is 0 Å². The van der Waals surface area contributed by atoms with Crippen molar-refractivity contribution in [3.8, 4) is 0 Å². The summed E-state index contributed by atoms with van der Waals surface area (Å²) >= 11 is 0. The lowest BCUT2D eigenvalue weighted by atomic mass is 9.64. The third kappa shape index (κ3) is 2.01. The molecule has 0 saturated heterocycles. The van der Waals surface area contributed by atoms with Crippen LogP contribution in [0.5, 0.6) is 0 Å². The molecule has 19 heavy (non-hydrogen) atoms. The van der Waals surface area contributed by atoms with Gasteiger partial charge >= 0.3 is 5.97 Å². The molecule has 5 nitrogen and oxygen atoms in total. The highest BCUT2D eigenvalue weighted by atomic mass is 16.5. The lowest BCUT2D eigenvalue weighted by molar-refractivity contribution is -0.136. The van der Waals surface area contributed by atoms with Crippen LogP contribution in [0.3, 0.4) is 0 Å². The van der Waals surface area contributed by atoms with E-state index in [4.69, 9.17) is 9.63 Å². The van der Waals surface area contributed by atoms with Gasteiger partial charge in [0.15, 0.2) is 5.82 Å². The van der Waals surface area contributed by atoms with Gasteiger partial charge < -0.3 is 9.63 Å². The highest BCUT2D eigenvalue weighted by Crippen LogP contribution is 2.47. The number of carboxylic acids is 1. The first-order valence-electron chi connectivity index (χ1n) is 6.31. The molecule has 1 aromatic heterocycles. The first-order chi connectivity index (χ1) is 9.21. The quantitative estimate of drug-likeness (QED) is 0.909. The van der Waals surface area contributed by atoms with Crippen LogP contribution in [0.15, 0.2) is 34.9 Å². The molecule has 1 heterocycles. The molecular weight excluding hydrogens is 244 g/mol. The highest BCUT2D eigenvalue weighted by molar-refractivity contribution is 5.68. The number of aliphatic carboxylic acids is 1. The van der Waals surface area contributed by atoms with Gasteiger partial charge in [-0.3, -0.25) is 4.79 Å². The Morgan fingerprint density at radius 2 is 2.05 bits per heavy atom. The summed E-state index contributed by atoms with van der Waals surface area (Å²) in [6, 6.07) is 10.1. The summed E-state index contributed by atoms with van der Waals surface area (Å²) < 4.78 is 5.04. The Labute approximate surface area is 110 Å². The van der Waals surface area contributed by atoms with E-state index in [9.17, 15) is 4.79 Å². The minimum Gasteiger partial charge on any atom is -0.481 e. The van der Waals surface area contributed by atoms with Crippen molar-refractivity contribution in [2.24, 2.45) is 0 Å². The third-order valence-electron chi connectivity index (χ3n) is 3.73. The fourth-order valence-corrected chi connectivity index (χ4v) is 2.58. The average molecular weight is 258 g/mol. The summed E-state index contributed by atoms with van der Waals surface area (Å²) in [5.41, 5.74) is 0.977. The lowest BCUT2D eigenvalue weighted by Gasteiger charge is -2.39. The van der Waals surface area contributed by atoms with Crippen LogP contribution in [-0.2, 0) is 16.6 Å². The van der Waals surface area contributed by atoms with Crippen molar-refractivity contribution in [1.82, 2.24) is 10.1 Å². The minimum atomic E-state index is -0.961. The molecule has 0 spiro atoms. The molecule has 1 fully saturated rings. The molecule has 3 rings (SSSR count). The van der Waals surface area contributed by atoms with Crippen LogP contribution in [0.1, 0.15) is 36.5 Å². The van der Waals surface area contributed by atoms with Gasteiger partial charge in [-0.15, -0.1) is 0 Å². The molecule has 1 aliphatic carbocycles. The van der Waals surface area contributed by atoms with Gasteiger partial charge in [0, 0.05) is 0 Å². The molecule has 98 valence electrons. The standard InChI is InChI=1S/C14H14N2O3/c17-12(18)9-11-15-13(16-19-11)14(7-4-8-14)10-5-2-1-3-6-10/h1-3,5-6H,4,7-9H2,(H,17,18). The molecule has 1 N–H and O–H groups in total. The summed E-state index contributed by atoms with van der Waals surface area (Å²) in [6.45, 7) is 0. The van der Waals surface area contributed by atoms with Crippen LogP contribution >= 0.6 is 0 Å². The molecule has 1 aromatic carbocycles. The maximum atomic E-state index is 10.7. The molecular formula is C14H14N2O3. The Hall–Kier alpha value is -2.17. The van der Waals surface area contributed by atoms with Crippen LogP contribution < -0.4 is 0 Å². The van der Waals surface area contributed by atoms with Crippen LogP contribution in [-0.4, -0.2) is 21.2 Å². The molecule has 1 saturated carbocycles. The van der Waals surface area contributed by atoms with Gasteiger partial charge in [0.2, 0.25) is 5.89 Å². The minimum absolute atomic E-state index is 0.171. The lowest BCUT2D eigenvalue weighted by Crippen LogP contribution is -2.36. The second kappa shape index (κ2) is 4.50. The zero-order valence-corrected chi connectivity index (χ0v) is 10.4. The predicted octanol–water partition coefficient (Wildman–Crippen LogP) is 2.17.